The first-order valence-electron chi connectivity index (χ1n) is 3.97. The summed E-state index contributed by atoms with van der Waals surface area (Å²) in [5, 5.41) is 0. The summed E-state index contributed by atoms with van der Waals surface area (Å²) < 4.78 is 114. The Kier molecular flexibility index (Phi) is 4.22. The Labute approximate surface area is 92.5 Å². The Balaban J connectivity index is 5.88. The molecular weight excluding hydrogens is 287 g/mol. The maximum Gasteiger partial charge on any atom is 0.425 e. The van der Waals surface area contributed by atoms with E-state index in [9.17, 15) is 39.5 Å². The fourth-order valence-electron chi connectivity index (χ4n) is 1.29. The van der Waals surface area contributed by atoms with Gasteiger partial charge in [-0.3, -0.25) is 0 Å². The van der Waals surface area contributed by atoms with Crippen LogP contribution in [0.1, 0.15) is 6.92 Å². The zero-order chi connectivity index (χ0) is 14.3. The summed E-state index contributed by atoms with van der Waals surface area (Å²) in [5.74, 6) is -3.74. The molecule has 0 aliphatic heterocycles. The molecule has 104 valence electrons. The number of hydrogen-bond donors (Lipinski definition) is 0. The van der Waals surface area contributed by atoms with Crippen LogP contribution in [-0.4, -0.2) is 34.6 Å². The molecule has 0 saturated carbocycles. The summed E-state index contributed by atoms with van der Waals surface area (Å²) in [7, 11) is -1.15. The summed E-state index contributed by atoms with van der Waals surface area (Å²) in [6.45, 7) is -0.209. The molecule has 0 bridgehead atoms. The SMILES string of the molecule is CC(C(F)(F)F)C(O[SiH3])(C(F)(F)F)C(F)(F)F. The van der Waals surface area contributed by atoms with Crippen LogP contribution < -0.4 is 0 Å². The van der Waals surface area contributed by atoms with E-state index >= 15 is 0 Å². The van der Waals surface area contributed by atoms with Gasteiger partial charge in [0.1, 0.15) is 10.5 Å². The standard InChI is InChI=1S/C6H7F9OSi/c1-2(4(7,8)9)3(16-17,5(10,11)12)6(13,14)15/h2H,1,17H3. The summed E-state index contributed by atoms with van der Waals surface area (Å²) >= 11 is 0. The van der Waals surface area contributed by atoms with E-state index in [1.54, 1.807) is 0 Å². The van der Waals surface area contributed by atoms with Gasteiger partial charge in [0.05, 0.1) is 5.92 Å². The highest BCUT2D eigenvalue weighted by atomic mass is 28.2. The van der Waals surface area contributed by atoms with Gasteiger partial charge >= 0.3 is 18.5 Å². The van der Waals surface area contributed by atoms with E-state index in [0.717, 1.165) is 0 Å². The Morgan fingerprint density at radius 3 is 1.18 bits per heavy atom. The van der Waals surface area contributed by atoms with Crippen molar-refractivity contribution in [3.8, 4) is 0 Å². The van der Waals surface area contributed by atoms with Crippen LogP contribution in [0, 0.1) is 5.92 Å². The van der Waals surface area contributed by atoms with Crippen LogP contribution in [0.2, 0.25) is 0 Å². The topological polar surface area (TPSA) is 9.23 Å². The van der Waals surface area contributed by atoms with E-state index in [1.807, 2.05) is 0 Å². The van der Waals surface area contributed by atoms with Crippen molar-refractivity contribution in [3.05, 3.63) is 0 Å². The fourth-order valence-corrected chi connectivity index (χ4v) is 2.11. The van der Waals surface area contributed by atoms with Gasteiger partial charge in [-0.25, -0.2) is 0 Å². The van der Waals surface area contributed by atoms with Crippen molar-refractivity contribution in [2.45, 2.75) is 31.1 Å². The molecule has 0 heterocycles. The monoisotopic (exact) mass is 294 g/mol. The lowest BCUT2D eigenvalue weighted by atomic mass is 9.86. The first-order valence-corrected chi connectivity index (χ1v) is 4.78. The Bertz CT molecular complexity index is 250. The lowest BCUT2D eigenvalue weighted by Gasteiger charge is -2.41. The van der Waals surface area contributed by atoms with Gasteiger partial charge in [0, 0.05) is 0 Å². The average molecular weight is 294 g/mol. The molecule has 1 atom stereocenters. The molecular formula is C6H7F9OSi. The second-order valence-corrected chi connectivity index (χ2v) is 3.61. The van der Waals surface area contributed by atoms with Crippen LogP contribution in [0.4, 0.5) is 39.5 Å². The number of halogens is 9. The molecule has 17 heavy (non-hydrogen) atoms. The van der Waals surface area contributed by atoms with Gasteiger partial charge in [-0.15, -0.1) is 0 Å². The third kappa shape index (κ3) is 2.69. The molecule has 1 nitrogen and oxygen atoms in total. The quantitative estimate of drug-likeness (QED) is 0.561. The largest absolute Gasteiger partial charge is 0.425 e. The van der Waals surface area contributed by atoms with E-state index in [-0.39, 0.29) is 6.92 Å². The molecule has 0 aromatic rings. The van der Waals surface area contributed by atoms with Crippen molar-refractivity contribution in [1.29, 1.82) is 0 Å². The highest BCUT2D eigenvalue weighted by molar-refractivity contribution is 5.98. The van der Waals surface area contributed by atoms with E-state index in [0.29, 0.717) is 0 Å². The van der Waals surface area contributed by atoms with Crippen molar-refractivity contribution in [3.63, 3.8) is 0 Å². The van der Waals surface area contributed by atoms with Crippen LogP contribution in [-0.2, 0) is 4.43 Å². The molecule has 0 aliphatic rings. The molecule has 0 aromatic heterocycles. The predicted molar refractivity (Wildman–Crippen MR) is 41.1 cm³/mol. The van der Waals surface area contributed by atoms with Gasteiger partial charge in [-0.1, -0.05) is 6.92 Å². The minimum absolute atomic E-state index is 0.209. The first-order chi connectivity index (χ1) is 7.22. The summed E-state index contributed by atoms with van der Waals surface area (Å²) in [6.07, 6.45) is -18.1. The average Bonchev–Trinajstić information content (AvgIpc) is 1.98. The first kappa shape index (κ1) is 16.5. The van der Waals surface area contributed by atoms with E-state index in [4.69, 9.17) is 0 Å². The molecule has 0 rings (SSSR count). The fraction of sp³-hybridized carbons (Fsp3) is 1.00. The van der Waals surface area contributed by atoms with E-state index in [1.165, 1.54) is 0 Å². The van der Waals surface area contributed by atoms with Crippen molar-refractivity contribution in [1.82, 2.24) is 0 Å². The van der Waals surface area contributed by atoms with Crippen molar-refractivity contribution >= 4 is 10.5 Å². The molecule has 0 spiro atoms. The number of rotatable bonds is 2. The Morgan fingerprint density at radius 1 is 0.824 bits per heavy atom. The lowest BCUT2D eigenvalue weighted by molar-refractivity contribution is -0.398. The van der Waals surface area contributed by atoms with Gasteiger partial charge in [-0.2, -0.15) is 39.5 Å². The highest BCUT2D eigenvalue weighted by Crippen LogP contribution is 2.53. The van der Waals surface area contributed by atoms with Crippen LogP contribution in [0.3, 0.4) is 0 Å². The van der Waals surface area contributed by atoms with Crippen molar-refractivity contribution < 1.29 is 43.9 Å². The minimum atomic E-state index is -6.21. The summed E-state index contributed by atoms with van der Waals surface area (Å²) in [4.78, 5) is 0. The van der Waals surface area contributed by atoms with Crippen LogP contribution in [0.15, 0.2) is 0 Å². The van der Waals surface area contributed by atoms with Crippen molar-refractivity contribution in [2.75, 3.05) is 0 Å². The Morgan fingerprint density at radius 2 is 1.12 bits per heavy atom. The maximum absolute atomic E-state index is 12.3. The van der Waals surface area contributed by atoms with Gasteiger partial charge in [0.25, 0.3) is 5.60 Å². The van der Waals surface area contributed by atoms with E-state index in [2.05, 4.69) is 4.43 Å². The molecule has 0 aromatic carbocycles. The van der Waals surface area contributed by atoms with Gasteiger partial charge in [-0.05, 0) is 0 Å². The molecule has 0 aliphatic carbocycles. The van der Waals surface area contributed by atoms with Gasteiger partial charge < -0.3 is 4.43 Å². The third-order valence-electron chi connectivity index (χ3n) is 2.27. The highest BCUT2D eigenvalue weighted by Gasteiger charge is 2.78. The molecule has 0 amide bonds. The van der Waals surface area contributed by atoms with Crippen LogP contribution in [0.5, 0.6) is 0 Å². The molecule has 0 saturated heterocycles. The van der Waals surface area contributed by atoms with E-state index < -0.39 is 40.5 Å². The summed E-state index contributed by atoms with van der Waals surface area (Å²) in [5.41, 5.74) is -5.20. The lowest BCUT2D eigenvalue weighted by Crippen LogP contribution is -2.65. The van der Waals surface area contributed by atoms with Gasteiger partial charge in [0.2, 0.25) is 0 Å². The Hall–Kier alpha value is -0.453. The maximum atomic E-state index is 12.3. The number of alkyl halides is 9. The minimum Gasteiger partial charge on any atom is -0.407 e. The molecule has 0 radical (unpaired) electrons. The summed E-state index contributed by atoms with van der Waals surface area (Å²) in [6, 6.07) is 0. The second kappa shape index (κ2) is 4.34. The molecule has 0 fully saturated rings. The predicted octanol–water partition coefficient (Wildman–Crippen LogP) is 2.35. The number of hydrogen-bond acceptors (Lipinski definition) is 1. The van der Waals surface area contributed by atoms with Crippen LogP contribution in [0.25, 0.3) is 0 Å². The van der Waals surface area contributed by atoms with Crippen LogP contribution >= 0.6 is 0 Å². The molecule has 11 heteroatoms. The molecule has 1 unspecified atom stereocenters. The second-order valence-electron chi connectivity index (χ2n) is 3.20. The zero-order valence-corrected chi connectivity index (χ0v) is 10.4. The normalized spacial score (nSPS) is 17.3. The molecule has 0 N–H and O–H groups in total. The van der Waals surface area contributed by atoms with Gasteiger partial charge in [0.15, 0.2) is 0 Å². The zero-order valence-electron chi connectivity index (χ0n) is 8.39. The third-order valence-corrected chi connectivity index (χ3v) is 2.91. The van der Waals surface area contributed by atoms with Crippen molar-refractivity contribution in [2.24, 2.45) is 5.92 Å². The smallest absolute Gasteiger partial charge is 0.407 e.